The largest absolute Gasteiger partial charge is 0.497 e. The first-order valence-corrected chi connectivity index (χ1v) is 10.4. The summed E-state index contributed by atoms with van der Waals surface area (Å²) in [6.07, 6.45) is 2.39. The van der Waals surface area contributed by atoms with E-state index in [1.165, 1.54) is 4.90 Å². The van der Waals surface area contributed by atoms with Gasteiger partial charge in [0.25, 0.3) is 5.91 Å². The van der Waals surface area contributed by atoms with E-state index < -0.39 is 0 Å². The van der Waals surface area contributed by atoms with Crippen molar-refractivity contribution in [3.05, 3.63) is 95.7 Å². The normalized spacial score (nSPS) is 14.0. The van der Waals surface area contributed by atoms with E-state index in [1.54, 1.807) is 25.3 Å². The summed E-state index contributed by atoms with van der Waals surface area (Å²) in [6, 6.07) is 24.4. The van der Waals surface area contributed by atoms with Crippen LogP contribution >= 0.6 is 0 Å². The Kier molecular flexibility index (Phi) is 6.51. The average molecular weight is 428 g/mol. The van der Waals surface area contributed by atoms with E-state index in [0.717, 1.165) is 23.3 Å². The van der Waals surface area contributed by atoms with Crippen LogP contribution in [-0.2, 0) is 16.0 Å². The van der Waals surface area contributed by atoms with Crippen molar-refractivity contribution >= 4 is 23.6 Å². The Morgan fingerprint density at radius 2 is 1.72 bits per heavy atom. The van der Waals surface area contributed by atoms with Gasteiger partial charge in [-0.05, 0) is 47.9 Å². The number of hydrogen-bond donors (Lipinski definition) is 1. The third-order valence-electron chi connectivity index (χ3n) is 5.13. The lowest BCUT2D eigenvalue weighted by molar-refractivity contribution is -0.123. The molecule has 3 aromatic rings. The van der Waals surface area contributed by atoms with Crippen LogP contribution in [0.4, 0.5) is 5.69 Å². The second-order valence-electron chi connectivity index (χ2n) is 7.33. The number of carbonyl (C=O) groups is 2. The standard InChI is InChI=1S/C26H24N2O4/c1-31-21-13-11-20(12-14-21)17-24-26(30)28(22-9-5-6-10-23(22)32-24)18-25(29)27-16-15-19-7-3-2-4-8-19/h2-14,17H,15-16,18H2,1H3,(H,27,29). The van der Waals surface area contributed by atoms with Gasteiger partial charge in [-0.3, -0.25) is 14.5 Å². The molecule has 1 heterocycles. The van der Waals surface area contributed by atoms with Crippen molar-refractivity contribution in [1.82, 2.24) is 5.32 Å². The van der Waals surface area contributed by atoms with Gasteiger partial charge in [-0.15, -0.1) is 0 Å². The number of amides is 2. The van der Waals surface area contributed by atoms with Crippen LogP contribution < -0.4 is 19.7 Å². The highest BCUT2D eigenvalue weighted by molar-refractivity contribution is 6.12. The Balaban J connectivity index is 1.49. The smallest absolute Gasteiger partial charge is 0.294 e. The summed E-state index contributed by atoms with van der Waals surface area (Å²) in [6.45, 7) is 0.408. The summed E-state index contributed by atoms with van der Waals surface area (Å²) in [5, 5.41) is 2.90. The maximum atomic E-state index is 13.2. The highest BCUT2D eigenvalue weighted by Crippen LogP contribution is 2.35. The van der Waals surface area contributed by atoms with Crippen LogP contribution in [-0.4, -0.2) is 32.0 Å². The number of rotatable bonds is 7. The molecule has 0 aliphatic carbocycles. The molecule has 0 radical (unpaired) electrons. The van der Waals surface area contributed by atoms with Gasteiger partial charge in [-0.25, -0.2) is 0 Å². The first kappa shape index (κ1) is 21.2. The second kappa shape index (κ2) is 9.83. The van der Waals surface area contributed by atoms with Crippen molar-refractivity contribution in [2.45, 2.75) is 6.42 Å². The van der Waals surface area contributed by atoms with Crippen LogP contribution in [0, 0.1) is 0 Å². The topological polar surface area (TPSA) is 67.9 Å². The molecule has 6 heteroatoms. The Hall–Kier alpha value is -4.06. The molecule has 32 heavy (non-hydrogen) atoms. The summed E-state index contributed by atoms with van der Waals surface area (Å²) in [7, 11) is 1.60. The number of anilines is 1. The summed E-state index contributed by atoms with van der Waals surface area (Å²) < 4.78 is 11.0. The molecular formula is C26H24N2O4. The van der Waals surface area contributed by atoms with Crippen molar-refractivity contribution in [2.24, 2.45) is 0 Å². The van der Waals surface area contributed by atoms with Crippen molar-refractivity contribution in [2.75, 3.05) is 25.1 Å². The molecule has 0 saturated carbocycles. The lowest BCUT2D eigenvalue weighted by atomic mass is 10.1. The molecule has 0 bridgehead atoms. The monoisotopic (exact) mass is 428 g/mol. The zero-order valence-corrected chi connectivity index (χ0v) is 17.8. The van der Waals surface area contributed by atoms with E-state index in [4.69, 9.17) is 9.47 Å². The minimum Gasteiger partial charge on any atom is -0.497 e. The van der Waals surface area contributed by atoms with Gasteiger partial charge in [0.1, 0.15) is 12.3 Å². The number of hydrogen-bond acceptors (Lipinski definition) is 4. The molecule has 0 unspecified atom stereocenters. The van der Waals surface area contributed by atoms with Crippen molar-refractivity contribution in [3.63, 3.8) is 0 Å². The molecule has 1 aliphatic rings. The molecule has 0 saturated heterocycles. The summed E-state index contributed by atoms with van der Waals surface area (Å²) in [5.74, 6) is 0.824. The van der Waals surface area contributed by atoms with Crippen LogP contribution in [0.25, 0.3) is 6.08 Å². The van der Waals surface area contributed by atoms with E-state index in [9.17, 15) is 9.59 Å². The molecule has 0 fully saturated rings. The predicted molar refractivity (Wildman–Crippen MR) is 124 cm³/mol. The first-order chi connectivity index (χ1) is 15.6. The lowest BCUT2D eigenvalue weighted by Gasteiger charge is -2.30. The SMILES string of the molecule is COc1ccc(C=C2Oc3ccccc3N(CC(=O)NCCc3ccccc3)C2=O)cc1. The number of fused-ring (bicyclic) bond motifs is 1. The molecular weight excluding hydrogens is 404 g/mol. The van der Waals surface area contributed by atoms with Crippen LogP contribution in [0.2, 0.25) is 0 Å². The Morgan fingerprint density at radius 3 is 2.47 bits per heavy atom. The molecule has 1 aliphatic heterocycles. The number of ether oxygens (including phenoxy) is 2. The minimum atomic E-state index is -0.363. The van der Waals surface area contributed by atoms with Gasteiger partial charge in [-0.2, -0.15) is 0 Å². The molecule has 0 atom stereocenters. The molecule has 3 aromatic carbocycles. The Bertz CT molecular complexity index is 1120. The average Bonchev–Trinajstić information content (AvgIpc) is 2.83. The zero-order chi connectivity index (χ0) is 22.3. The van der Waals surface area contributed by atoms with Crippen LogP contribution in [0.15, 0.2) is 84.6 Å². The van der Waals surface area contributed by atoms with E-state index in [1.807, 2.05) is 66.7 Å². The van der Waals surface area contributed by atoms with Crippen LogP contribution in [0.5, 0.6) is 11.5 Å². The van der Waals surface area contributed by atoms with Gasteiger partial charge in [0.2, 0.25) is 5.91 Å². The van der Waals surface area contributed by atoms with Gasteiger partial charge < -0.3 is 14.8 Å². The van der Waals surface area contributed by atoms with Crippen LogP contribution in [0.1, 0.15) is 11.1 Å². The van der Waals surface area contributed by atoms with Gasteiger partial charge in [0.15, 0.2) is 11.5 Å². The summed E-state index contributed by atoms with van der Waals surface area (Å²) in [4.78, 5) is 27.2. The van der Waals surface area contributed by atoms with Gasteiger partial charge in [-0.1, -0.05) is 54.6 Å². The highest BCUT2D eigenvalue weighted by Gasteiger charge is 2.31. The number of carbonyl (C=O) groups excluding carboxylic acids is 2. The molecule has 2 amide bonds. The fourth-order valence-electron chi connectivity index (χ4n) is 3.46. The number of benzene rings is 3. The maximum absolute atomic E-state index is 13.2. The summed E-state index contributed by atoms with van der Waals surface area (Å²) in [5.41, 5.74) is 2.51. The fraction of sp³-hybridized carbons (Fsp3) is 0.154. The minimum absolute atomic E-state index is 0.0893. The second-order valence-corrected chi connectivity index (χ2v) is 7.33. The van der Waals surface area contributed by atoms with Crippen molar-refractivity contribution < 1.29 is 19.1 Å². The Morgan fingerprint density at radius 1 is 1.00 bits per heavy atom. The molecule has 162 valence electrons. The van der Waals surface area contributed by atoms with Gasteiger partial charge >= 0.3 is 0 Å². The molecule has 4 rings (SSSR count). The van der Waals surface area contributed by atoms with Crippen molar-refractivity contribution in [1.29, 1.82) is 0 Å². The third-order valence-corrected chi connectivity index (χ3v) is 5.13. The Labute approximate surface area is 187 Å². The highest BCUT2D eigenvalue weighted by atomic mass is 16.5. The fourth-order valence-corrected chi connectivity index (χ4v) is 3.46. The quantitative estimate of drug-likeness (QED) is 0.581. The maximum Gasteiger partial charge on any atom is 0.294 e. The van der Waals surface area contributed by atoms with Gasteiger partial charge in [0, 0.05) is 6.54 Å². The van der Waals surface area contributed by atoms with E-state index >= 15 is 0 Å². The van der Waals surface area contributed by atoms with E-state index in [2.05, 4.69) is 5.32 Å². The number of nitrogens with zero attached hydrogens (tertiary/aromatic N) is 1. The molecule has 0 aromatic heterocycles. The van der Waals surface area contributed by atoms with E-state index in [0.29, 0.717) is 18.0 Å². The summed E-state index contributed by atoms with van der Waals surface area (Å²) >= 11 is 0. The first-order valence-electron chi connectivity index (χ1n) is 10.4. The lowest BCUT2D eigenvalue weighted by Crippen LogP contribution is -2.44. The predicted octanol–water partition coefficient (Wildman–Crippen LogP) is 3.82. The number of para-hydroxylation sites is 2. The number of methoxy groups -OCH3 is 1. The molecule has 0 spiro atoms. The third kappa shape index (κ3) is 4.98. The van der Waals surface area contributed by atoms with Crippen LogP contribution in [0.3, 0.4) is 0 Å². The van der Waals surface area contributed by atoms with Gasteiger partial charge in [0.05, 0.1) is 12.8 Å². The zero-order valence-electron chi connectivity index (χ0n) is 17.8. The molecule has 1 N–H and O–H groups in total. The number of nitrogens with one attached hydrogen (secondary N) is 1. The van der Waals surface area contributed by atoms with E-state index in [-0.39, 0.29) is 24.1 Å². The molecule has 6 nitrogen and oxygen atoms in total. The van der Waals surface area contributed by atoms with Crippen molar-refractivity contribution in [3.8, 4) is 11.5 Å².